The lowest BCUT2D eigenvalue weighted by Gasteiger charge is -2.33. The Hall–Kier alpha value is -2.70. The van der Waals surface area contributed by atoms with E-state index in [9.17, 15) is 14.9 Å². The Bertz CT molecular complexity index is 681. The van der Waals surface area contributed by atoms with Gasteiger partial charge in [-0.1, -0.05) is 31.4 Å². The maximum Gasteiger partial charge on any atom is 0.323 e. The van der Waals surface area contributed by atoms with Crippen LogP contribution in [0.25, 0.3) is 5.70 Å². The molecule has 0 bridgehead atoms. The molecule has 1 aliphatic rings. The van der Waals surface area contributed by atoms with Crippen LogP contribution in [0, 0.1) is 10.1 Å². The zero-order valence-electron chi connectivity index (χ0n) is 14.7. The minimum atomic E-state index is -0.462. The fourth-order valence-electron chi connectivity index (χ4n) is 3.10. The van der Waals surface area contributed by atoms with Gasteiger partial charge in [-0.15, -0.1) is 0 Å². The lowest BCUT2D eigenvalue weighted by Crippen LogP contribution is -2.43. The number of aliphatic imine (C=N–C) groups is 1. The second-order valence-electron chi connectivity index (χ2n) is 6.28. The van der Waals surface area contributed by atoms with Crippen molar-refractivity contribution in [1.82, 2.24) is 9.80 Å². The lowest BCUT2D eigenvalue weighted by atomic mass is 9.95. The number of nitrogens with zero attached hydrogens (tertiary/aromatic N) is 4. The van der Waals surface area contributed by atoms with Gasteiger partial charge in [-0.2, -0.15) is 0 Å². The molecule has 1 aromatic rings. The van der Waals surface area contributed by atoms with Gasteiger partial charge in [0, 0.05) is 44.0 Å². The van der Waals surface area contributed by atoms with Crippen LogP contribution < -0.4 is 0 Å². The summed E-state index contributed by atoms with van der Waals surface area (Å²) in [5, 5.41) is 10.9. The highest BCUT2D eigenvalue weighted by molar-refractivity contribution is 5.78. The average molecular weight is 344 g/mol. The van der Waals surface area contributed by atoms with Crippen LogP contribution in [0.15, 0.2) is 35.5 Å². The predicted octanol–water partition coefficient (Wildman–Crippen LogP) is 3.91. The van der Waals surface area contributed by atoms with E-state index in [1.807, 2.05) is 7.05 Å². The normalized spacial score (nSPS) is 15.5. The second-order valence-corrected chi connectivity index (χ2v) is 6.28. The molecule has 0 saturated heterocycles. The Kier molecular flexibility index (Phi) is 6.27. The molecular formula is C18H24N4O3. The van der Waals surface area contributed by atoms with E-state index in [4.69, 9.17) is 0 Å². The third-order valence-corrected chi connectivity index (χ3v) is 4.56. The molecule has 0 radical (unpaired) electrons. The van der Waals surface area contributed by atoms with Crippen molar-refractivity contribution >= 4 is 24.1 Å². The molecule has 0 atom stereocenters. The van der Waals surface area contributed by atoms with Crippen LogP contribution in [0.4, 0.5) is 10.5 Å². The van der Waals surface area contributed by atoms with Gasteiger partial charge in [0.2, 0.25) is 0 Å². The van der Waals surface area contributed by atoms with Crippen molar-refractivity contribution in [2.24, 2.45) is 4.99 Å². The summed E-state index contributed by atoms with van der Waals surface area (Å²) in [5.74, 6) is 0. The largest absolute Gasteiger partial charge is 0.324 e. The topological polar surface area (TPSA) is 79.0 Å². The maximum absolute atomic E-state index is 12.6. The fraction of sp³-hybridized carbons (Fsp3) is 0.444. The third kappa shape index (κ3) is 4.65. The van der Waals surface area contributed by atoms with Gasteiger partial charge in [0.25, 0.3) is 5.69 Å². The molecule has 0 aromatic heterocycles. The Morgan fingerprint density at radius 2 is 2.00 bits per heavy atom. The Morgan fingerprint density at radius 1 is 1.32 bits per heavy atom. The van der Waals surface area contributed by atoms with E-state index in [-0.39, 0.29) is 17.8 Å². The van der Waals surface area contributed by atoms with Gasteiger partial charge in [0.15, 0.2) is 0 Å². The number of nitro benzene ring substituents is 1. The van der Waals surface area contributed by atoms with Crippen molar-refractivity contribution in [2.75, 3.05) is 14.1 Å². The molecule has 1 saturated carbocycles. The first-order valence-corrected chi connectivity index (χ1v) is 8.37. The predicted molar refractivity (Wildman–Crippen MR) is 98.4 cm³/mol. The molecule has 0 unspecified atom stereocenters. The van der Waals surface area contributed by atoms with Crippen molar-refractivity contribution in [3.8, 4) is 0 Å². The van der Waals surface area contributed by atoms with Crippen LogP contribution in [0.2, 0.25) is 0 Å². The zero-order valence-corrected chi connectivity index (χ0v) is 14.7. The number of carbonyl (C=O) groups excluding carboxylic acids is 1. The van der Waals surface area contributed by atoms with Gasteiger partial charge in [-0.3, -0.25) is 15.1 Å². The molecule has 1 aliphatic carbocycles. The van der Waals surface area contributed by atoms with Crippen LogP contribution >= 0.6 is 0 Å². The third-order valence-electron chi connectivity index (χ3n) is 4.56. The van der Waals surface area contributed by atoms with Gasteiger partial charge >= 0.3 is 6.03 Å². The molecular weight excluding hydrogens is 320 g/mol. The summed E-state index contributed by atoms with van der Waals surface area (Å²) in [6.07, 6.45) is 7.14. The SMILES string of the molecule is C=NC(=CN(C)C(=O)N(C)C1CCCCC1)c1cccc([N+](=O)[O-])c1. The molecule has 2 amide bonds. The molecule has 2 rings (SSSR count). The molecule has 0 aliphatic heterocycles. The lowest BCUT2D eigenvalue weighted by molar-refractivity contribution is -0.384. The zero-order chi connectivity index (χ0) is 18.4. The van der Waals surface area contributed by atoms with Crippen molar-refractivity contribution in [3.05, 3.63) is 46.1 Å². The number of non-ortho nitro benzene ring substituents is 1. The molecule has 1 aromatic carbocycles. The van der Waals surface area contributed by atoms with Crippen LogP contribution in [0.3, 0.4) is 0 Å². The van der Waals surface area contributed by atoms with Gasteiger partial charge in [0.05, 0.1) is 10.6 Å². The first-order valence-electron chi connectivity index (χ1n) is 8.37. The number of hydrogen-bond acceptors (Lipinski definition) is 4. The van der Waals surface area contributed by atoms with Crippen molar-refractivity contribution in [2.45, 2.75) is 38.1 Å². The average Bonchev–Trinajstić information content (AvgIpc) is 2.65. The summed E-state index contributed by atoms with van der Waals surface area (Å²) in [7, 11) is 3.47. The van der Waals surface area contributed by atoms with Crippen LogP contribution in [-0.2, 0) is 0 Å². The number of benzene rings is 1. The molecule has 25 heavy (non-hydrogen) atoms. The van der Waals surface area contributed by atoms with E-state index in [1.54, 1.807) is 30.3 Å². The second kappa shape index (κ2) is 8.41. The van der Waals surface area contributed by atoms with E-state index in [0.29, 0.717) is 11.3 Å². The van der Waals surface area contributed by atoms with Gasteiger partial charge in [0.1, 0.15) is 0 Å². The minimum absolute atomic E-state index is 0.0275. The number of carbonyl (C=O) groups is 1. The highest BCUT2D eigenvalue weighted by atomic mass is 16.6. The highest BCUT2D eigenvalue weighted by Gasteiger charge is 2.24. The Balaban J connectivity index is 2.17. The summed E-state index contributed by atoms with van der Waals surface area (Å²) >= 11 is 0. The summed E-state index contributed by atoms with van der Waals surface area (Å²) in [5.41, 5.74) is 0.932. The first kappa shape index (κ1) is 18.6. The summed E-state index contributed by atoms with van der Waals surface area (Å²) < 4.78 is 0. The van der Waals surface area contributed by atoms with Crippen molar-refractivity contribution < 1.29 is 9.72 Å². The highest BCUT2D eigenvalue weighted by Crippen LogP contribution is 2.24. The molecule has 7 nitrogen and oxygen atoms in total. The number of hydrogen-bond donors (Lipinski definition) is 0. The van der Waals surface area contributed by atoms with E-state index >= 15 is 0 Å². The van der Waals surface area contributed by atoms with Gasteiger partial charge in [-0.05, 0) is 19.6 Å². The Labute approximate surface area is 147 Å². The fourth-order valence-corrected chi connectivity index (χ4v) is 3.10. The smallest absolute Gasteiger partial charge is 0.323 e. The molecule has 0 heterocycles. The van der Waals surface area contributed by atoms with E-state index in [0.717, 1.165) is 25.7 Å². The maximum atomic E-state index is 12.6. The molecule has 0 N–H and O–H groups in total. The number of rotatable bonds is 5. The number of nitro groups is 1. The number of urea groups is 1. The van der Waals surface area contributed by atoms with Crippen molar-refractivity contribution in [1.29, 1.82) is 0 Å². The molecule has 134 valence electrons. The standard InChI is InChI=1S/C18H24N4O3/c1-19-17(14-8-7-11-16(12-14)22(24)25)13-20(2)18(23)21(3)15-9-5-4-6-10-15/h7-8,11-13,15H,1,4-6,9-10H2,2-3H3. The molecule has 1 fully saturated rings. The van der Waals surface area contributed by atoms with Crippen LogP contribution in [0.1, 0.15) is 37.7 Å². The van der Waals surface area contributed by atoms with Gasteiger partial charge in [-0.25, -0.2) is 4.79 Å². The van der Waals surface area contributed by atoms with E-state index in [1.165, 1.54) is 23.5 Å². The quantitative estimate of drug-likeness (QED) is 0.461. The Morgan fingerprint density at radius 3 is 2.60 bits per heavy atom. The van der Waals surface area contributed by atoms with E-state index < -0.39 is 4.92 Å². The summed E-state index contributed by atoms with van der Waals surface area (Å²) in [6.45, 7) is 3.52. The first-order chi connectivity index (χ1) is 11.9. The van der Waals surface area contributed by atoms with Crippen LogP contribution in [-0.4, -0.2) is 47.6 Å². The van der Waals surface area contributed by atoms with E-state index in [2.05, 4.69) is 11.7 Å². The minimum Gasteiger partial charge on any atom is -0.324 e. The van der Waals surface area contributed by atoms with Gasteiger partial charge < -0.3 is 9.80 Å². The summed E-state index contributed by atoms with van der Waals surface area (Å²) in [6, 6.07) is 6.26. The molecule has 0 spiro atoms. The number of amides is 2. The monoisotopic (exact) mass is 344 g/mol. The molecule has 7 heteroatoms. The summed E-state index contributed by atoms with van der Waals surface area (Å²) in [4.78, 5) is 30.3. The van der Waals surface area contributed by atoms with Crippen molar-refractivity contribution in [3.63, 3.8) is 0 Å². The van der Waals surface area contributed by atoms with Crippen LogP contribution in [0.5, 0.6) is 0 Å².